The first kappa shape index (κ1) is 15.9. The van der Waals surface area contributed by atoms with Crippen molar-refractivity contribution in [1.29, 1.82) is 0 Å². The molecule has 3 aromatic heterocycles. The highest BCUT2D eigenvalue weighted by atomic mass is 79.9. The van der Waals surface area contributed by atoms with E-state index in [9.17, 15) is 4.79 Å². The number of fused-ring (bicyclic) bond motifs is 3. The Bertz CT molecular complexity index is 1080. The van der Waals surface area contributed by atoms with Gasteiger partial charge in [-0.1, -0.05) is 22.0 Å². The summed E-state index contributed by atoms with van der Waals surface area (Å²) in [6.45, 7) is 2.04. The number of pyridine rings is 1. The maximum absolute atomic E-state index is 13.0. The van der Waals surface area contributed by atoms with E-state index < -0.39 is 0 Å². The van der Waals surface area contributed by atoms with Crippen LogP contribution < -0.4 is 0 Å². The van der Waals surface area contributed by atoms with Gasteiger partial charge in [0.05, 0.1) is 9.73 Å². The molecule has 120 valence electrons. The van der Waals surface area contributed by atoms with Crippen LogP contribution in [0.3, 0.4) is 0 Å². The maximum atomic E-state index is 13.0. The molecule has 4 aromatic rings. The van der Waals surface area contributed by atoms with Gasteiger partial charge in [0.1, 0.15) is 16.0 Å². The normalized spacial score (nSPS) is 11.5. The molecule has 6 heteroatoms. The standard InChI is InChI=1S/C18H13BrN2OS2/c1-10-4-3-9-21-14-13(20-17(10)21)16(24-18(14)23-2)15(22)11-5-7-12(19)8-6-11/h3-9H,1-2H3. The first-order valence-corrected chi connectivity index (χ1v) is 10.2. The van der Waals surface area contributed by atoms with Crippen LogP contribution in [0.25, 0.3) is 16.7 Å². The first-order chi connectivity index (χ1) is 11.6. The molecule has 0 bridgehead atoms. The van der Waals surface area contributed by atoms with E-state index in [0.29, 0.717) is 10.4 Å². The average Bonchev–Trinajstić information content (AvgIpc) is 3.13. The molecule has 3 nitrogen and oxygen atoms in total. The molecular formula is C18H13BrN2OS2. The summed E-state index contributed by atoms with van der Waals surface area (Å²) in [5.74, 6) is 0.0267. The van der Waals surface area contributed by atoms with Crippen molar-refractivity contribution in [2.45, 2.75) is 11.1 Å². The van der Waals surface area contributed by atoms with E-state index in [0.717, 1.165) is 30.9 Å². The Morgan fingerprint density at radius 3 is 2.71 bits per heavy atom. The summed E-state index contributed by atoms with van der Waals surface area (Å²) in [7, 11) is 0. The minimum atomic E-state index is 0.0267. The maximum Gasteiger partial charge on any atom is 0.205 e. The van der Waals surface area contributed by atoms with Gasteiger partial charge < -0.3 is 0 Å². The summed E-state index contributed by atoms with van der Waals surface area (Å²) >= 11 is 6.59. The van der Waals surface area contributed by atoms with Gasteiger partial charge in [-0.15, -0.1) is 23.1 Å². The second-order valence-electron chi connectivity index (χ2n) is 5.45. The molecule has 1 aromatic carbocycles. The molecule has 0 N–H and O–H groups in total. The second kappa shape index (κ2) is 6.02. The lowest BCUT2D eigenvalue weighted by Gasteiger charge is -1.99. The van der Waals surface area contributed by atoms with Crippen LogP contribution >= 0.6 is 39.0 Å². The predicted octanol–water partition coefficient (Wildman–Crippen LogP) is 5.57. The predicted molar refractivity (Wildman–Crippen MR) is 105 cm³/mol. The van der Waals surface area contributed by atoms with Crippen LogP contribution in [0.5, 0.6) is 0 Å². The van der Waals surface area contributed by atoms with Gasteiger partial charge in [-0.3, -0.25) is 9.20 Å². The Morgan fingerprint density at radius 1 is 1.25 bits per heavy atom. The minimum Gasteiger partial charge on any atom is -0.298 e. The summed E-state index contributed by atoms with van der Waals surface area (Å²) in [5.41, 5.74) is 4.53. The quantitative estimate of drug-likeness (QED) is 0.323. The summed E-state index contributed by atoms with van der Waals surface area (Å²) in [5, 5.41) is 0. The van der Waals surface area contributed by atoms with E-state index in [1.54, 1.807) is 11.8 Å². The third-order valence-corrected chi connectivity index (χ3v) is 6.75. The average molecular weight is 417 g/mol. The number of thioether (sulfide) groups is 1. The van der Waals surface area contributed by atoms with E-state index in [1.807, 2.05) is 55.8 Å². The summed E-state index contributed by atoms with van der Waals surface area (Å²) in [6, 6.07) is 11.5. The highest BCUT2D eigenvalue weighted by Gasteiger charge is 2.23. The SMILES string of the molecule is CSc1sc(C(=O)c2ccc(Br)cc2)c2nc3c(C)cccn3c12. The van der Waals surface area contributed by atoms with Gasteiger partial charge in [-0.25, -0.2) is 4.98 Å². The molecular weight excluding hydrogens is 404 g/mol. The van der Waals surface area contributed by atoms with Gasteiger partial charge in [-0.05, 0) is 49.1 Å². The van der Waals surface area contributed by atoms with Gasteiger partial charge >= 0.3 is 0 Å². The molecule has 0 saturated carbocycles. The smallest absolute Gasteiger partial charge is 0.205 e. The molecule has 0 fully saturated rings. The van der Waals surface area contributed by atoms with Crippen molar-refractivity contribution < 1.29 is 4.79 Å². The Hall–Kier alpha value is -1.63. The lowest BCUT2D eigenvalue weighted by molar-refractivity contribution is 0.104. The molecule has 24 heavy (non-hydrogen) atoms. The number of nitrogens with zero attached hydrogens (tertiary/aromatic N) is 2. The zero-order valence-corrected chi connectivity index (χ0v) is 16.3. The van der Waals surface area contributed by atoms with Crippen LogP contribution in [0.2, 0.25) is 0 Å². The molecule has 0 spiro atoms. The van der Waals surface area contributed by atoms with Crippen LogP contribution in [-0.4, -0.2) is 21.4 Å². The number of benzene rings is 1. The Kier molecular flexibility index (Phi) is 3.98. The van der Waals surface area contributed by atoms with Gasteiger partial charge in [0, 0.05) is 16.2 Å². The van der Waals surface area contributed by atoms with E-state index in [4.69, 9.17) is 4.98 Å². The number of carbonyl (C=O) groups is 1. The Morgan fingerprint density at radius 2 is 2.00 bits per heavy atom. The van der Waals surface area contributed by atoms with Crippen molar-refractivity contribution in [2.24, 2.45) is 0 Å². The number of aryl methyl sites for hydroxylation is 1. The zero-order valence-electron chi connectivity index (χ0n) is 13.0. The van der Waals surface area contributed by atoms with Crippen LogP contribution in [0.15, 0.2) is 51.3 Å². The molecule has 0 saturated heterocycles. The first-order valence-electron chi connectivity index (χ1n) is 7.34. The fraction of sp³-hybridized carbons (Fsp3) is 0.111. The number of ketones is 1. The Balaban J connectivity index is 1.99. The molecule has 0 aliphatic carbocycles. The number of imidazole rings is 1. The minimum absolute atomic E-state index is 0.0267. The topological polar surface area (TPSA) is 34.4 Å². The fourth-order valence-corrected chi connectivity index (χ4v) is 4.93. The third-order valence-electron chi connectivity index (χ3n) is 3.95. The summed E-state index contributed by atoms with van der Waals surface area (Å²) in [4.78, 5) is 18.5. The number of carbonyl (C=O) groups excluding carboxylic acids is 1. The lowest BCUT2D eigenvalue weighted by Crippen LogP contribution is -1.98. The molecule has 0 atom stereocenters. The van der Waals surface area contributed by atoms with Crippen LogP contribution in [0.1, 0.15) is 20.8 Å². The molecule has 4 rings (SSSR count). The van der Waals surface area contributed by atoms with Crippen LogP contribution in [-0.2, 0) is 0 Å². The van der Waals surface area contributed by atoms with Crippen molar-refractivity contribution >= 4 is 61.5 Å². The lowest BCUT2D eigenvalue weighted by atomic mass is 10.1. The molecule has 3 heterocycles. The van der Waals surface area contributed by atoms with Crippen molar-refractivity contribution in [1.82, 2.24) is 9.38 Å². The highest BCUT2D eigenvalue weighted by Crippen LogP contribution is 2.39. The highest BCUT2D eigenvalue weighted by molar-refractivity contribution is 9.10. The third kappa shape index (κ3) is 2.41. The van der Waals surface area contributed by atoms with E-state index >= 15 is 0 Å². The van der Waals surface area contributed by atoms with Crippen molar-refractivity contribution in [3.63, 3.8) is 0 Å². The number of hydrogen-bond donors (Lipinski definition) is 0. The number of hydrogen-bond acceptors (Lipinski definition) is 4. The van der Waals surface area contributed by atoms with Crippen molar-refractivity contribution in [3.8, 4) is 0 Å². The van der Waals surface area contributed by atoms with Crippen LogP contribution in [0, 0.1) is 6.92 Å². The molecule has 0 aliphatic rings. The number of aromatic nitrogens is 2. The number of halogens is 1. The van der Waals surface area contributed by atoms with E-state index in [1.165, 1.54) is 11.3 Å². The zero-order chi connectivity index (χ0) is 16.8. The molecule has 0 aliphatic heterocycles. The van der Waals surface area contributed by atoms with E-state index in [2.05, 4.69) is 20.3 Å². The second-order valence-corrected chi connectivity index (χ2v) is 8.46. The summed E-state index contributed by atoms with van der Waals surface area (Å²) in [6.07, 6.45) is 4.05. The number of thiophene rings is 1. The van der Waals surface area contributed by atoms with Crippen LogP contribution in [0.4, 0.5) is 0 Å². The van der Waals surface area contributed by atoms with Crippen molar-refractivity contribution in [3.05, 3.63) is 63.1 Å². The van der Waals surface area contributed by atoms with Crippen molar-refractivity contribution in [2.75, 3.05) is 6.26 Å². The Labute approximate surface area is 155 Å². The molecule has 0 unspecified atom stereocenters. The van der Waals surface area contributed by atoms with Gasteiger partial charge in [0.25, 0.3) is 0 Å². The molecule has 0 radical (unpaired) electrons. The monoisotopic (exact) mass is 416 g/mol. The van der Waals surface area contributed by atoms with E-state index in [-0.39, 0.29) is 5.78 Å². The number of rotatable bonds is 3. The van der Waals surface area contributed by atoms with Gasteiger partial charge in [0.2, 0.25) is 5.78 Å². The molecule has 0 amide bonds. The largest absolute Gasteiger partial charge is 0.298 e. The van der Waals surface area contributed by atoms with Gasteiger partial charge in [-0.2, -0.15) is 0 Å². The summed E-state index contributed by atoms with van der Waals surface area (Å²) < 4.78 is 4.16. The van der Waals surface area contributed by atoms with Gasteiger partial charge in [0.15, 0.2) is 0 Å². The fourth-order valence-electron chi connectivity index (χ4n) is 2.77.